The maximum absolute atomic E-state index is 11.9. The molecule has 0 aliphatic rings. The number of carbonyl (C=O) groups is 1. The van der Waals surface area contributed by atoms with Crippen molar-refractivity contribution in [1.82, 2.24) is 4.90 Å². The quantitative estimate of drug-likeness (QED) is 0.431. The van der Waals surface area contributed by atoms with E-state index >= 15 is 0 Å². The summed E-state index contributed by atoms with van der Waals surface area (Å²) in [5, 5.41) is 0. The molecular weight excluding hydrogens is 276 g/mol. The van der Waals surface area contributed by atoms with Crippen LogP contribution in [0, 0.1) is 11.8 Å². The van der Waals surface area contributed by atoms with Crippen molar-refractivity contribution in [3.63, 3.8) is 0 Å². The molecule has 0 fully saturated rings. The Morgan fingerprint density at radius 1 is 1.09 bits per heavy atom. The summed E-state index contributed by atoms with van der Waals surface area (Å²) in [6.45, 7) is 12.5. The molecule has 0 aliphatic heterocycles. The molecule has 1 rings (SSSR count). The fraction of sp³-hybridized carbons (Fsp3) is 0.611. The molecule has 0 radical (unpaired) electrons. The summed E-state index contributed by atoms with van der Waals surface area (Å²) < 4.78 is 5.32. The van der Waals surface area contributed by atoms with Gasteiger partial charge in [-0.25, -0.2) is 4.79 Å². The number of nitrogen functional groups attached to an aromatic ring is 1. The molecule has 0 saturated carbocycles. The molecule has 1 aromatic carbocycles. The standard InChI is InChI=1S/C18H30N2O2/c1-14(2)12-20(13-15(3)4)10-5-11-22-18(21)16-6-8-17(19)9-7-16/h6-9,14-15H,5,10-13,19H2,1-4H3. The van der Waals surface area contributed by atoms with Gasteiger partial charge < -0.3 is 15.4 Å². The molecule has 4 nitrogen and oxygen atoms in total. The van der Waals surface area contributed by atoms with Gasteiger partial charge >= 0.3 is 5.97 Å². The Kier molecular flexibility index (Phi) is 7.96. The first-order chi connectivity index (χ1) is 10.4. The van der Waals surface area contributed by atoms with Gasteiger partial charge in [0, 0.05) is 25.3 Å². The highest BCUT2D eigenvalue weighted by Crippen LogP contribution is 2.08. The van der Waals surface area contributed by atoms with Crippen LogP contribution in [0.15, 0.2) is 24.3 Å². The van der Waals surface area contributed by atoms with Crippen LogP contribution in [0.25, 0.3) is 0 Å². The monoisotopic (exact) mass is 306 g/mol. The fourth-order valence-corrected chi connectivity index (χ4v) is 2.45. The van der Waals surface area contributed by atoms with E-state index in [1.165, 1.54) is 0 Å². The molecule has 0 aliphatic carbocycles. The van der Waals surface area contributed by atoms with Crippen molar-refractivity contribution in [3.8, 4) is 0 Å². The van der Waals surface area contributed by atoms with Crippen molar-refractivity contribution in [3.05, 3.63) is 29.8 Å². The summed E-state index contributed by atoms with van der Waals surface area (Å²) in [5.74, 6) is 1.02. The predicted octanol–water partition coefficient (Wildman–Crippen LogP) is 3.43. The average molecular weight is 306 g/mol. The second-order valence-electron chi connectivity index (χ2n) is 6.66. The summed E-state index contributed by atoms with van der Waals surface area (Å²) in [7, 11) is 0. The van der Waals surface area contributed by atoms with Crippen LogP contribution in [-0.4, -0.2) is 37.1 Å². The zero-order valence-electron chi connectivity index (χ0n) is 14.3. The molecule has 1 aromatic rings. The largest absolute Gasteiger partial charge is 0.462 e. The summed E-state index contributed by atoms with van der Waals surface area (Å²) in [6, 6.07) is 6.82. The first-order valence-electron chi connectivity index (χ1n) is 8.13. The Bertz CT molecular complexity index is 431. The Hall–Kier alpha value is -1.55. The number of esters is 1. The van der Waals surface area contributed by atoms with Crippen LogP contribution in [0.5, 0.6) is 0 Å². The zero-order valence-corrected chi connectivity index (χ0v) is 14.3. The number of anilines is 1. The topological polar surface area (TPSA) is 55.6 Å². The van der Waals surface area contributed by atoms with E-state index in [4.69, 9.17) is 10.5 Å². The van der Waals surface area contributed by atoms with E-state index in [2.05, 4.69) is 32.6 Å². The normalized spacial score (nSPS) is 11.4. The van der Waals surface area contributed by atoms with Gasteiger partial charge in [0.1, 0.15) is 0 Å². The van der Waals surface area contributed by atoms with Gasteiger partial charge in [0.15, 0.2) is 0 Å². The van der Waals surface area contributed by atoms with E-state index in [9.17, 15) is 4.79 Å². The van der Waals surface area contributed by atoms with Gasteiger partial charge in [-0.1, -0.05) is 27.7 Å². The molecule has 0 unspecified atom stereocenters. The zero-order chi connectivity index (χ0) is 16.5. The Balaban J connectivity index is 2.32. The minimum Gasteiger partial charge on any atom is -0.462 e. The molecule has 0 atom stereocenters. The fourth-order valence-electron chi connectivity index (χ4n) is 2.45. The van der Waals surface area contributed by atoms with Crippen LogP contribution >= 0.6 is 0 Å². The highest BCUT2D eigenvalue weighted by atomic mass is 16.5. The minimum absolute atomic E-state index is 0.278. The van der Waals surface area contributed by atoms with Gasteiger partial charge in [0.25, 0.3) is 0 Å². The molecular formula is C18H30N2O2. The van der Waals surface area contributed by atoms with E-state index in [1.807, 2.05) is 0 Å². The van der Waals surface area contributed by atoms with Crippen molar-refractivity contribution < 1.29 is 9.53 Å². The van der Waals surface area contributed by atoms with Crippen molar-refractivity contribution >= 4 is 11.7 Å². The minimum atomic E-state index is -0.278. The van der Waals surface area contributed by atoms with Crippen molar-refractivity contribution in [2.45, 2.75) is 34.1 Å². The first-order valence-corrected chi connectivity index (χ1v) is 8.13. The van der Waals surface area contributed by atoms with Crippen LogP contribution < -0.4 is 5.73 Å². The van der Waals surface area contributed by atoms with E-state index in [0.29, 0.717) is 29.7 Å². The first kappa shape index (κ1) is 18.5. The van der Waals surface area contributed by atoms with Crippen molar-refractivity contribution in [2.75, 3.05) is 32.0 Å². The maximum atomic E-state index is 11.9. The lowest BCUT2D eigenvalue weighted by molar-refractivity contribution is 0.0484. The molecule has 0 spiro atoms. The second-order valence-corrected chi connectivity index (χ2v) is 6.66. The third-order valence-electron chi connectivity index (χ3n) is 3.24. The Labute approximate surface area is 134 Å². The van der Waals surface area contributed by atoms with Crippen LogP contribution in [0.3, 0.4) is 0 Å². The molecule has 4 heteroatoms. The molecule has 0 amide bonds. The van der Waals surface area contributed by atoms with Gasteiger partial charge in [-0.15, -0.1) is 0 Å². The third-order valence-corrected chi connectivity index (χ3v) is 3.24. The van der Waals surface area contributed by atoms with Crippen LogP contribution in [0.1, 0.15) is 44.5 Å². The smallest absolute Gasteiger partial charge is 0.338 e. The lowest BCUT2D eigenvalue weighted by Crippen LogP contribution is -2.32. The van der Waals surface area contributed by atoms with Gasteiger partial charge in [0.05, 0.1) is 12.2 Å². The summed E-state index contributed by atoms with van der Waals surface area (Å²) in [5.41, 5.74) is 6.80. The van der Waals surface area contributed by atoms with E-state index in [0.717, 1.165) is 26.1 Å². The highest BCUT2D eigenvalue weighted by molar-refractivity contribution is 5.89. The van der Waals surface area contributed by atoms with Gasteiger partial charge in [-0.3, -0.25) is 0 Å². The third kappa shape index (κ3) is 7.46. The Morgan fingerprint density at radius 2 is 1.64 bits per heavy atom. The number of hydrogen-bond acceptors (Lipinski definition) is 4. The number of benzene rings is 1. The number of ether oxygens (including phenoxy) is 1. The van der Waals surface area contributed by atoms with Crippen LogP contribution in [0.2, 0.25) is 0 Å². The highest BCUT2D eigenvalue weighted by Gasteiger charge is 2.10. The predicted molar refractivity (Wildman–Crippen MR) is 91.9 cm³/mol. The molecule has 0 bridgehead atoms. The molecule has 2 N–H and O–H groups in total. The summed E-state index contributed by atoms with van der Waals surface area (Å²) >= 11 is 0. The van der Waals surface area contributed by atoms with E-state index in [1.54, 1.807) is 24.3 Å². The maximum Gasteiger partial charge on any atom is 0.338 e. The average Bonchev–Trinajstić information content (AvgIpc) is 2.42. The molecule has 22 heavy (non-hydrogen) atoms. The lowest BCUT2D eigenvalue weighted by atomic mass is 10.1. The van der Waals surface area contributed by atoms with Gasteiger partial charge in [-0.2, -0.15) is 0 Å². The number of nitrogens with two attached hydrogens (primary N) is 1. The molecule has 0 heterocycles. The summed E-state index contributed by atoms with van der Waals surface area (Å²) in [6.07, 6.45) is 0.861. The number of nitrogens with zero attached hydrogens (tertiary/aromatic N) is 1. The SMILES string of the molecule is CC(C)CN(CCCOC(=O)c1ccc(N)cc1)CC(C)C. The Morgan fingerprint density at radius 3 is 2.14 bits per heavy atom. The van der Waals surface area contributed by atoms with E-state index in [-0.39, 0.29) is 5.97 Å². The van der Waals surface area contributed by atoms with Gasteiger partial charge in [-0.05, 0) is 42.5 Å². The van der Waals surface area contributed by atoms with Crippen LogP contribution in [-0.2, 0) is 4.74 Å². The number of rotatable bonds is 9. The van der Waals surface area contributed by atoms with E-state index < -0.39 is 0 Å². The van der Waals surface area contributed by atoms with Crippen molar-refractivity contribution in [2.24, 2.45) is 11.8 Å². The van der Waals surface area contributed by atoms with Gasteiger partial charge in [0.2, 0.25) is 0 Å². The van der Waals surface area contributed by atoms with Crippen LogP contribution in [0.4, 0.5) is 5.69 Å². The molecule has 124 valence electrons. The number of hydrogen-bond donors (Lipinski definition) is 1. The molecule has 0 aromatic heterocycles. The summed E-state index contributed by atoms with van der Waals surface area (Å²) in [4.78, 5) is 14.3. The van der Waals surface area contributed by atoms with Crippen molar-refractivity contribution in [1.29, 1.82) is 0 Å². The number of carbonyl (C=O) groups excluding carboxylic acids is 1. The lowest BCUT2D eigenvalue weighted by Gasteiger charge is -2.25. The molecule has 0 saturated heterocycles. The second kappa shape index (κ2) is 9.46.